The second-order valence-electron chi connectivity index (χ2n) is 8.86. The number of nitrogens with one attached hydrogen (secondary N) is 2. The summed E-state index contributed by atoms with van der Waals surface area (Å²) in [5.74, 6) is 0. The number of ether oxygens (including phenoxy) is 1. The predicted octanol–water partition coefficient (Wildman–Crippen LogP) is 6.45. The third-order valence-electron chi connectivity index (χ3n) is 4.87. The first-order valence-corrected chi connectivity index (χ1v) is 11.5. The molecular weight excluding hydrogens is 378 g/mol. The van der Waals surface area contributed by atoms with E-state index in [1.54, 1.807) is 0 Å². The quantitative estimate of drug-likeness (QED) is 0.366. The van der Waals surface area contributed by atoms with Gasteiger partial charge in [0, 0.05) is 13.1 Å². The minimum absolute atomic E-state index is 0.422. The van der Waals surface area contributed by atoms with Gasteiger partial charge in [0.05, 0.1) is 0 Å². The predicted molar refractivity (Wildman–Crippen MR) is 123 cm³/mol. The molecule has 30 heavy (non-hydrogen) atoms. The molecule has 1 heterocycles. The fourth-order valence-electron chi connectivity index (χ4n) is 3.38. The lowest BCUT2D eigenvalue weighted by Crippen LogP contribution is -2.35. The molecule has 0 aliphatic rings. The Morgan fingerprint density at radius 2 is 1.73 bits per heavy atom. The summed E-state index contributed by atoms with van der Waals surface area (Å²) in [5, 5.41) is 5.85. The number of alkyl carbamates (subject to hydrolysis) is 1. The zero-order chi connectivity index (χ0) is 21.8. The number of rotatable bonds is 13. The number of oxazole rings is 1. The molecule has 2 aromatic rings. The average Bonchev–Trinajstić information content (AvgIpc) is 3.10. The lowest BCUT2D eigenvalue weighted by molar-refractivity contribution is 0.0530. The van der Waals surface area contributed by atoms with Gasteiger partial charge in [-0.2, -0.15) is 4.98 Å². The van der Waals surface area contributed by atoms with Gasteiger partial charge in [0.2, 0.25) is 0 Å². The largest absolute Gasteiger partial charge is 0.444 e. The molecular formula is C24H39N3O3. The molecule has 0 unspecified atom stereocenters. The van der Waals surface area contributed by atoms with E-state index in [1.807, 2.05) is 32.9 Å². The zero-order valence-electron chi connectivity index (χ0n) is 19.2. The number of hydrogen-bond acceptors (Lipinski definition) is 5. The van der Waals surface area contributed by atoms with Crippen molar-refractivity contribution in [2.45, 2.75) is 91.1 Å². The van der Waals surface area contributed by atoms with Crippen molar-refractivity contribution in [3.8, 4) is 0 Å². The average molecular weight is 418 g/mol. The number of carbonyl (C=O) groups is 1. The molecule has 0 atom stereocenters. The van der Waals surface area contributed by atoms with Gasteiger partial charge in [-0.25, -0.2) is 4.79 Å². The number of fused-ring (bicyclic) bond motifs is 1. The smallest absolute Gasteiger partial charge is 0.407 e. The maximum atomic E-state index is 11.7. The first kappa shape index (κ1) is 24.0. The minimum atomic E-state index is -0.497. The summed E-state index contributed by atoms with van der Waals surface area (Å²) < 4.78 is 11.2. The van der Waals surface area contributed by atoms with Gasteiger partial charge in [0.1, 0.15) is 11.1 Å². The highest BCUT2D eigenvalue weighted by atomic mass is 16.6. The van der Waals surface area contributed by atoms with Gasteiger partial charge in [0.15, 0.2) is 5.58 Å². The lowest BCUT2D eigenvalue weighted by Gasteiger charge is -2.19. The van der Waals surface area contributed by atoms with Crippen LogP contribution >= 0.6 is 0 Å². The Bertz CT molecular complexity index is 765. The van der Waals surface area contributed by atoms with Crippen molar-refractivity contribution in [3.05, 3.63) is 23.8 Å². The number of unbranched alkanes of at least 4 members (excludes halogenated alkanes) is 7. The Kier molecular flexibility index (Phi) is 9.98. The summed E-state index contributed by atoms with van der Waals surface area (Å²) in [7, 11) is 0. The molecule has 0 radical (unpaired) electrons. The second kappa shape index (κ2) is 12.5. The SMILES string of the molecule is CCCCCCCCCCc1cccc2nc(NCCNC(=O)OC(C)(C)C)oc12. The van der Waals surface area contributed by atoms with Crippen LogP contribution < -0.4 is 10.6 Å². The van der Waals surface area contributed by atoms with E-state index in [0.717, 1.165) is 17.5 Å². The number of amides is 1. The maximum Gasteiger partial charge on any atom is 0.407 e. The van der Waals surface area contributed by atoms with Crippen LogP contribution in [0.5, 0.6) is 0 Å². The van der Waals surface area contributed by atoms with Crippen molar-refractivity contribution in [2.24, 2.45) is 0 Å². The van der Waals surface area contributed by atoms with Crippen molar-refractivity contribution in [1.29, 1.82) is 0 Å². The topological polar surface area (TPSA) is 76.4 Å². The minimum Gasteiger partial charge on any atom is -0.444 e. The molecule has 6 nitrogen and oxygen atoms in total. The highest BCUT2D eigenvalue weighted by Gasteiger charge is 2.15. The first-order chi connectivity index (χ1) is 14.4. The van der Waals surface area contributed by atoms with Crippen molar-refractivity contribution in [1.82, 2.24) is 10.3 Å². The Hall–Kier alpha value is -2.24. The molecule has 1 amide bonds. The van der Waals surface area contributed by atoms with Crippen LogP contribution in [0, 0.1) is 0 Å². The number of hydrogen-bond donors (Lipinski definition) is 2. The molecule has 2 N–H and O–H groups in total. The summed E-state index contributed by atoms with van der Waals surface area (Å²) in [6.07, 6.45) is 11.1. The van der Waals surface area contributed by atoms with Crippen molar-refractivity contribution in [2.75, 3.05) is 18.4 Å². The lowest BCUT2D eigenvalue weighted by atomic mass is 10.0. The molecule has 0 saturated carbocycles. The van der Waals surface area contributed by atoms with Crippen molar-refractivity contribution < 1.29 is 13.9 Å². The number of para-hydroxylation sites is 1. The number of aryl methyl sites for hydroxylation is 1. The van der Waals surface area contributed by atoms with E-state index in [2.05, 4.69) is 28.6 Å². The van der Waals surface area contributed by atoms with E-state index >= 15 is 0 Å². The fourth-order valence-corrected chi connectivity index (χ4v) is 3.38. The van der Waals surface area contributed by atoms with Gasteiger partial charge < -0.3 is 19.8 Å². The molecule has 0 saturated heterocycles. The number of carbonyl (C=O) groups excluding carboxylic acids is 1. The molecule has 6 heteroatoms. The van der Waals surface area contributed by atoms with Gasteiger partial charge in [-0.3, -0.25) is 0 Å². The summed E-state index contributed by atoms with van der Waals surface area (Å²) in [6.45, 7) is 8.72. The number of anilines is 1. The van der Waals surface area contributed by atoms with Crippen LogP contribution in [-0.2, 0) is 11.2 Å². The van der Waals surface area contributed by atoms with E-state index in [4.69, 9.17) is 9.15 Å². The standard InChI is InChI=1S/C24H39N3O3/c1-5-6-7-8-9-10-11-12-14-19-15-13-16-20-21(19)29-22(27-20)25-17-18-26-23(28)30-24(2,3)4/h13,15-16H,5-12,14,17-18H2,1-4H3,(H,25,27)(H,26,28). The fraction of sp³-hybridized carbons (Fsp3) is 0.667. The van der Waals surface area contributed by atoms with E-state index < -0.39 is 11.7 Å². The van der Waals surface area contributed by atoms with Gasteiger partial charge in [-0.1, -0.05) is 64.0 Å². The van der Waals surface area contributed by atoms with E-state index in [-0.39, 0.29) is 0 Å². The number of benzene rings is 1. The molecule has 0 bridgehead atoms. The van der Waals surface area contributed by atoms with Gasteiger partial charge in [-0.05, 0) is 45.2 Å². The molecule has 0 aliphatic heterocycles. The van der Waals surface area contributed by atoms with Crippen LogP contribution in [0.2, 0.25) is 0 Å². The van der Waals surface area contributed by atoms with Crippen LogP contribution in [0.3, 0.4) is 0 Å². The normalized spacial score (nSPS) is 11.6. The van der Waals surface area contributed by atoms with Crippen molar-refractivity contribution >= 4 is 23.2 Å². The summed E-state index contributed by atoms with van der Waals surface area (Å²) in [6, 6.07) is 6.63. The molecule has 0 fully saturated rings. The molecule has 168 valence electrons. The Labute approximate surface area is 181 Å². The molecule has 1 aromatic heterocycles. The van der Waals surface area contributed by atoms with Crippen molar-refractivity contribution in [3.63, 3.8) is 0 Å². The van der Waals surface area contributed by atoms with Gasteiger partial charge >= 0.3 is 6.09 Å². The monoisotopic (exact) mass is 417 g/mol. The van der Waals surface area contributed by atoms with Crippen LogP contribution in [-0.4, -0.2) is 29.8 Å². The Morgan fingerprint density at radius 1 is 1.03 bits per heavy atom. The van der Waals surface area contributed by atoms with Gasteiger partial charge in [-0.15, -0.1) is 0 Å². The van der Waals surface area contributed by atoms with Crippen LogP contribution in [0.15, 0.2) is 22.6 Å². The van der Waals surface area contributed by atoms with E-state index in [1.165, 1.54) is 56.9 Å². The zero-order valence-corrected chi connectivity index (χ0v) is 19.2. The maximum absolute atomic E-state index is 11.7. The summed E-state index contributed by atoms with van der Waals surface area (Å²) >= 11 is 0. The van der Waals surface area contributed by atoms with Gasteiger partial charge in [0.25, 0.3) is 6.01 Å². The summed E-state index contributed by atoms with van der Waals surface area (Å²) in [4.78, 5) is 16.2. The number of aromatic nitrogens is 1. The number of nitrogens with zero attached hydrogens (tertiary/aromatic N) is 1. The second-order valence-corrected chi connectivity index (χ2v) is 8.86. The van der Waals surface area contributed by atoms with Crippen LogP contribution in [0.25, 0.3) is 11.1 Å². The van der Waals surface area contributed by atoms with E-state index in [0.29, 0.717) is 19.1 Å². The summed E-state index contributed by atoms with van der Waals surface area (Å²) in [5.41, 5.74) is 2.45. The first-order valence-electron chi connectivity index (χ1n) is 11.5. The third-order valence-corrected chi connectivity index (χ3v) is 4.87. The van der Waals surface area contributed by atoms with Crippen LogP contribution in [0.4, 0.5) is 10.8 Å². The molecule has 0 spiro atoms. The Balaban J connectivity index is 1.73. The van der Waals surface area contributed by atoms with E-state index in [9.17, 15) is 4.79 Å². The Morgan fingerprint density at radius 3 is 2.43 bits per heavy atom. The molecule has 2 rings (SSSR count). The molecule has 1 aromatic carbocycles. The van der Waals surface area contributed by atoms with Crippen LogP contribution in [0.1, 0.15) is 84.6 Å². The highest BCUT2D eigenvalue weighted by molar-refractivity contribution is 5.78. The molecule has 0 aliphatic carbocycles. The third kappa shape index (κ3) is 9.06. The highest BCUT2D eigenvalue weighted by Crippen LogP contribution is 2.24.